The number of benzene rings is 2. The van der Waals surface area contributed by atoms with Crippen molar-refractivity contribution in [3.8, 4) is 0 Å². The lowest BCUT2D eigenvalue weighted by molar-refractivity contribution is -0.384. The predicted molar refractivity (Wildman–Crippen MR) is 90.0 cm³/mol. The van der Waals surface area contributed by atoms with E-state index in [-0.39, 0.29) is 11.6 Å². The molecule has 0 fully saturated rings. The monoisotopic (exact) mass is 333 g/mol. The van der Waals surface area contributed by atoms with Crippen molar-refractivity contribution < 1.29 is 9.72 Å². The molecule has 0 heterocycles. The number of halogens is 1. The van der Waals surface area contributed by atoms with Crippen LogP contribution in [-0.4, -0.2) is 24.9 Å². The topological polar surface area (TPSA) is 75.5 Å². The van der Waals surface area contributed by atoms with Crippen molar-refractivity contribution >= 4 is 28.9 Å². The summed E-state index contributed by atoms with van der Waals surface area (Å²) in [6.07, 6.45) is 0. The van der Waals surface area contributed by atoms with Crippen molar-refractivity contribution in [2.24, 2.45) is 0 Å². The van der Waals surface area contributed by atoms with Crippen molar-refractivity contribution in [1.29, 1.82) is 0 Å². The van der Waals surface area contributed by atoms with Crippen molar-refractivity contribution in [1.82, 2.24) is 5.32 Å². The van der Waals surface area contributed by atoms with Crippen LogP contribution in [0.15, 0.2) is 42.5 Å². The van der Waals surface area contributed by atoms with Crippen LogP contribution in [0.5, 0.6) is 0 Å². The summed E-state index contributed by atoms with van der Waals surface area (Å²) in [7, 11) is 3.43. The van der Waals surface area contributed by atoms with Gasteiger partial charge in [-0.25, -0.2) is 0 Å². The molecule has 0 aromatic heterocycles. The number of hydrogen-bond donors (Lipinski definition) is 1. The van der Waals surface area contributed by atoms with Crippen LogP contribution in [0.2, 0.25) is 5.02 Å². The van der Waals surface area contributed by atoms with E-state index in [4.69, 9.17) is 11.6 Å². The fraction of sp³-hybridized carbons (Fsp3) is 0.188. The van der Waals surface area contributed by atoms with E-state index in [9.17, 15) is 14.9 Å². The smallest absolute Gasteiger partial charge is 0.271 e. The molecular formula is C16H16ClN3O3. The summed E-state index contributed by atoms with van der Waals surface area (Å²) >= 11 is 6.12. The lowest BCUT2D eigenvalue weighted by Crippen LogP contribution is -2.19. The molecule has 0 saturated carbocycles. The molecule has 2 aromatic rings. The van der Waals surface area contributed by atoms with Crippen LogP contribution in [0.4, 0.5) is 11.4 Å². The van der Waals surface area contributed by atoms with Gasteiger partial charge in [0.15, 0.2) is 0 Å². The SMILES string of the molecule is CNC(=O)c1ccc(CN(C)c2ccc([N+](=O)[O-])cc2Cl)cc1. The van der Waals surface area contributed by atoms with Gasteiger partial charge in [0.1, 0.15) is 0 Å². The number of carbonyl (C=O) groups is 1. The van der Waals surface area contributed by atoms with Gasteiger partial charge in [-0.1, -0.05) is 23.7 Å². The first kappa shape index (κ1) is 16.8. The zero-order chi connectivity index (χ0) is 17.0. The molecular weight excluding hydrogens is 318 g/mol. The zero-order valence-corrected chi connectivity index (χ0v) is 13.5. The van der Waals surface area contributed by atoms with Gasteiger partial charge >= 0.3 is 0 Å². The highest BCUT2D eigenvalue weighted by Gasteiger charge is 2.12. The fourth-order valence-corrected chi connectivity index (χ4v) is 2.50. The van der Waals surface area contributed by atoms with Gasteiger partial charge in [0.05, 0.1) is 15.6 Å². The molecule has 0 saturated heterocycles. The number of anilines is 1. The highest BCUT2D eigenvalue weighted by molar-refractivity contribution is 6.33. The standard InChI is InChI=1S/C16H16ClN3O3/c1-18-16(21)12-5-3-11(4-6-12)10-19(2)15-8-7-13(20(22)23)9-14(15)17/h3-9H,10H2,1-2H3,(H,18,21). The van der Waals surface area contributed by atoms with Crippen molar-refractivity contribution in [2.75, 3.05) is 19.0 Å². The molecule has 6 nitrogen and oxygen atoms in total. The molecule has 1 N–H and O–H groups in total. The van der Waals surface area contributed by atoms with Crippen molar-refractivity contribution in [3.05, 3.63) is 68.7 Å². The van der Waals surface area contributed by atoms with Crippen LogP contribution in [0, 0.1) is 10.1 Å². The van der Waals surface area contributed by atoms with Crippen LogP contribution in [-0.2, 0) is 6.54 Å². The average molecular weight is 334 g/mol. The summed E-state index contributed by atoms with van der Waals surface area (Å²) in [4.78, 5) is 23.7. The molecule has 7 heteroatoms. The lowest BCUT2D eigenvalue weighted by atomic mass is 10.1. The van der Waals surface area contributed by atoms with E-state index in [0.29, 0.717) is 22.8 Å². The van der Waals surface area contributed by atoms with Crippen LogP contribution in [0.25, 0.3) is 0 Å². The van der Waals surface area contributed by atoms with Crippen LogP contribution < -0.4 is 10.2 Å². The maximum atomic E-state index is 11.5. The minimum atomic E-state index is -0.479. The summed E-state index contributed by atoms with van der Waals surface area (Å²) in [5.41, 5.74) is 2.25. The second-order valence-electron chi connectivity index (χ2n) is 5.02. The number of hydrogen-bond acceptors (Lipinski definition) is 4. The number of nitro groups is 1. The summed E-state index contributed by atoms with van der Waals surface area (Å²) in [5, 5.41) is 13.6. The highest BCUT2D eigenvalue weighted by atomic mass is 35.5. The Hall–Kier alpha value is -2.60. The number of non-ortho nitro benzene ring substituents is 1. The van der Waals surface area contributed by atoms with E-state index in [1.54, 1.807) is 25.2 Å². The summed E-state index contributed by atoms with van der Waals surface area (Å²) in [5.74, 6) is -0.136. The van der Waals surface area contributed by atoms with Gasteiger partial charge in [0, 0.05) is 38.3 Å². The Kier molecular flexibility index (Phi) is 5.18. The Morgan fingerprint density at radius 2 is 1.91 bits per heavy atom. The molecule has 0 bridgehead atoms. The molecule has 0 aliphatic rings. The first-order valence-electron chi connectivity index (χ1n) is 6.88. The Morgan fingerprint density at radius 1 is 1.26 bits per heavy atom. The largest absolute Gasteiger partial charge is 0.369 e. The van der Waals surface area contributed by atoms with Crippen molar-refractivity contribution in [2.45, 2.75) is 6.54 Å². The normalized spacial score (nSPS) is 10.2. The molecule has 23 heavy (non-hydrogen) atoms. The van der Waals surface area contributed by atoms with Gasteiger partial charge < -0.3 is 10.2 Å². The summed E-state index contributed by atoms with van der Waals surface area (Å²) in [6, 6.07) is 11.6. The number of rotatable bonds is 5. The van der Waals surface area contributed by atoms with Crippen LogP contribution in [0.1, 0.15) is 15.9 Å². The zero-order valence-electron chi connectivity index (χ0n) is 12.7. The molecule has 0 unspecified atom stereocenters. The van der Waals surface area contributed by atoms with E-state index in [0.717, 1.165) is 5.56 Å². The Labute approximate surface area is 138 Å². The Bertz CT molecular complexity index is 732. The maximum Gasteiger partial charge on any atom is 0.271 e. The van der Waals surface area contributed by atoms with E-state index in [2.05, 4.69) is 5.32 Å². The number of amides is 1. The highest BCUT2D eigenvalue weighted by Crippen LogP contribution is 2.29. The fourth-order valence-electron chi connectivity index (χ4n) is 2.18. The third-order valence-electron chi connectivity index (χ3n) is 3.42. The number of nitrogens with zero attached hydrogens (tertiary/aromatic N) is 2. The number of nitrogens with one attached hydrogen (secondary N) is 1. The second kappa shape index (κ2) is 7.11. The predicted octanol–water partition coefficient (Wildman–Crippen LogP) is 3.24. The Morgan fingerprint density at radius 3 is 2.43 bits per heavy atom. The molecule has 2 rings (SSSR count). The van der Waals surface area contributed by atoms with Gasteiger partial charge in [-0.3, -0.25) is 14.9 Å². The molecule has 0 atom stereocenters. The molecule has 0 aliphatic carbocycles. The van der Waals surface area contributed by atoms with Gasteiger partial charge in [0.2, 0.25) is 0 Å². The van der Waals surface area contributed by atoms with Gasteiger partial charge in [-0.05, 0) is 23.8 Å². The maximum absolute atomic E-state index is 11.5. The van der Waals surface area contributed by atoms with Crippen molar-refractivity contribution in [3.63, 3.8) is 0 Å². The Balaban J connectivity index is 2.14. The first-order chi connectivity index (χ1) is 10.9. The van der Waals surface area contributed by atoms with Crippen LogP contribution in [0.3, 0.4) is 0 Å². The number of nitro benzene ring substituents is 1. The molecule has 2 aromatic carbocycles. The van der Waals surface area contributed by atoms with Gasteiger partial charge in [-0.15, -0.1) is 0 Å². The van der Waals surface area contributed by atoms with E-state index >= 15 is 0 Å². The quantitative estimate of drug-likeness (QED) is 0.673. The minimum absolute atomic E-state index is 0.0397. The lowest BCUT2D eigenvalue weighted by Gasteiger charge is -2.20. The third kappa shape index (κ3) is 3.98. The van der Waals surface area contributed by atoms with E-state index in [1.165, 1.54) is 12.1 Å². The minimum Gasteiger partial charge on any atom is -0.369 e. The van der Waals surface area contributed by atoms with E-state index in [1.807, 2.05) is 24.1 Å². The molecule has 1 amide bonds. The van der Waals surface area contributed by atoms with E-state index < -0.39 is 4.92 Å². The molecule has 120 valence electrons. The molecule has 0 spiro atoms. The number of carbonyl (C=O) groups excluding carboxylic acids is 1. The summed E-state index contributed by atoms with van der Waals surface area (Å²) < 4.78 is 0. The third-order valence-corrected chi connectivity index (χ3v) is 3.72. The molecule has 0 aliphatic heterocycles. The second-order valence-corrected chi connectivity index (χ2v) is 5.43. The van der Waals surface area contributed by atoms with Gasteiger partial charge in [0.25, 0.3) is 11.6 Å². The average Bonchev–Trinajstić information content (AvgIpc) is 2.54. The molecule has 0 radical (unpaired) electrons. The van der Waals surface area contributed by atoms with Crippen LogP contribution >= 0.6 is 11.6 Å². The van der Waals surface area contributed by atoms with Gasteiger partial charge in [-0.2, -0.15) is 0 Å². The summed E-state index contributed by atoms with van der Waals surface area (Å²) in [6.45, 7) is 0.561. The first-order valence-corrected chi connectivity index (χ1v) is 7.26.